The predicted molar refractivity (Wildman–Crippen MR) is 71.3 cm³/mol. The van der Waals surface area contributed by atoms with Crippen LogP contribution in [0.3, 0.4) is 0 Å². The highest BCUT2D eigenvalue weighted by molar-refractivity contribution is 6.30. The molecule has 0 amide bonds. The van der Waals surface area contributed by atoms with Gasteiger partial charge in [0.1, 0.15) is 11.6 Å². The zero-order valence-electron chi connectivity index (χ0n) is 10.6. The summed E-state index contributed by atoms with van der Waals surface area (Å²) in [6.07, 6.45) is 5.14. The third-order valence-corrected chi connectivity index (χ3v) is 4.42. The van der Waals surface area contributed by atoms with Crippen molar-refractivity contribution < 1.29 is 9.18 Å². The number of Topliss-reactive ketones (excluding diaryl/α,β-unsaturated/α-hetero) is 1. The largest absolute Gasteiger partial charge is 0.299 e. The van der Waals surface area contributed by atoms with Crippen LogP contribution in [0.25, 0.3) is 0 Å². The van der Waals surface area contributed by atoms with Crippen LogP contribution >= 0.6 is 11.6 Å². The van der Waals surface area contributed by atoms with Gasteiger partial charge in [-0.2, -0.15) is 0 Å². The molecule has 3 heteroatoms. The average molecular weight is 269 g/mol. The first kappa shape index (κ1) is 13.5. The van der Waals surface area contributed by atoms with Gasteiger partial charge >= 0.3 is 0 Å². The van der Waals surface area contributed by atoms with Crippen molar-refractivity contribution in [2.45, 2.75) is 45.4 Å². The highest BCUT2D eigenvalue weighted by Crippen LogP contribution is 2.42. The Kier molecular flexibility index (Phi) is 4.06. The second kappa shape index (κ2) is 5.40. The Bertz CT molecular complexity index is 450. The summed E-state index contributed by atoms with van der Waals surface area (Å²) in [5.74, 6) is -0.166. The molecule has 1 saturated carbocycles. The minimum atomic E-state index is -0.336. The van der Waals surface area contributed by atoms with Gasteiger partial charge in [-0.3, -0.25) is 4.79 Å². The van der Waals surface area contributed by atoms with Gasteiger partial charge in [0.2, 0.25) is 0 Å². The van der Waals surface area contributed by atoms with Crippen LogP contribution in [0, 0.1) is 11.2 Å². The molecule has 98 valence electrons. The van der Waals surface area contributed by atoms with Crippen molar-refractivity contribution in [3.05, 3.63) is 34.6 Å². The molecule has 18 heavy (non-hydrogen) atoms. The van der Waals surface area contributed by atoms with Gasteiger partial charge in [-0.25, -0.2) is 4.39 Å². The van der Waals surface area contributed by atoms with Crippen LogP contribution in [-0.2, 0) is 11.2 Å². The molecule has 1 nitrogen and oxygen atoms in total. The normalized spacial score (nSPS) is 17.9. The van der Waals surface area contributed by atoms with Gasteiger partial charge in [-0.15, -0.1) is 0 Å². The first-order valence-corrected chi connectivity index (χ1v) is 6.92. The van der Waals surface area contributed by atoms with Crippen molar-refractivity contribution in [1.82, 2.24) is 0 Å². The van der Waals surface area contributed by atoms with Crippen molar-refractivity contribution >= 4 is 17.4 Å². The van der Waals surface area contributed by atoms with Gasteiger partial charge in [-0.1, -0.05) is 31.4 Å². The SMILES string of the molecule is CCC1(C(=O)Cc2cc(Cl)ccc2F)CCCC1. The topological polar surface area (TPSA) is 17.1 Å². The number of halogens is 2. The van der Waals surface area contributed by atoms with Gasteiger partial charge in [-0.05, 0) is 43.0 Å². The summed E-state index contributed by atoms with van der Waals surface area (Å²) in [6, 6.07) is 4.40. The zero-order chi connectivity index (χ0) is 13.2. The molecule has 2 rings (SSSR count). The number of carbonyl (C=O) groups is 1. The molecule has 0 saturated heterocycles. The molecule has 1 aromatic carbocycles. The number of benzene rings is 1. The van der Waals surface area contributed by atoms with Crippen LogP contribution in [0.2, 0.25) is 5.02 Å². The molecule has 0 bridgehead atoms. The fraction of sp³-hybridized carbons (Fsp3) is 0.533. The first-order valence-electron chi connectivity index (χ1n) is 6.54. The Morgan fingerprint density at radius 1 is 1.39 bits per heavy atom. The maximum atomic E-state index is 13.6. The molecule has 1 fully saturated rings. The smallest absolute Gasteiger partial charge is 0.143 e. The van der Waals surface area contributed by atoms with E-state index in [0.717, 1.165) is 32.1 Å². The number of rotatable bonds is 4. The van der Waals surface area contributed by atoms with Crippen LogP contribution < -0.4 is 0 Å². The summed E-state index contributed by atoms with van der Waals surface area (Å²) < 4.78 is 13.6. The molecule has 0 spiro atoms. The number of hydrogen-bond donors (Lipinski definition) is 0. The van der Waals surface area contributed by atoms with Crippen LogP contribution in [0.4, 0.5) is 4.39 Å². The van der Waals surface area contributed by atoms with E-state index in [0.29, 0.717) is 10.6 Å². The highest BCUT2D eigenvalue weighted by Gasteiger charge is 2.38. The minimum absolute atomic E-state index is 0.167. The number of ketones is 1. The maximum absolute atomic E-state index is 13.6. The second-order valence-corrected chi connectivity index (χ2v) is 5.61. The molecule has 0 aromatic heterocycles. The van der Waals surface area contributed by atoms with Crippen molar-refractivity contribution in [2.24, 2.45) is 5.41 Å². The molecule has 1 aliphatic rings. The molecular weight excluding hydrogens is 251 g/mol. The summed E-state index contributed by atoms with van der Waals surface area (Å²) in [4.78, 5) is 12.4. The molecule has 1 aliphatic carbocycles. The van der Waals surface area contributed by atoms with Crippen molar-refractivity contribution in [2.75, 3.05) is 0 Å². The molecule has 0 heterocycles. The molecular formula is C15H18ClFO. The molecule has 0 unspecified atom stereocenters. The molecule has 0 N–H and O–H groups in total. The number of carbonyl (C=O) groups excluding carboxylic acids is 1. The van der Waals surface area contributed by atoms with Crippen LogP contribution in [0.15, 0.2) is 18.2 Å². The third-order valence-electron chi connectivity index (χ3n) is 4.19. The van der Waals surface area contributed by atoms with Gasteiger partial charge in [0.15, 0.2) is 0 Å². The summed E-state index contributed by atoms with van der Waals surface area (Å²) in [5, 5.41) is 0.483. The Morgan fingerprint density at radius 2 is 2.06 bits per heavy atom. The lowest BCUT2D eigenvalue weighted by molar-refractivity contribution is -0.128. The van der Waals surface area contributed by atoms with Gasteiger partial charge < -0.3 is 0 Å². The summed E-state index contributed by atoms with van der Waals surface area (Å²) in [5.41, 5.74) is 0.210. The first-order chi connectivity index (χ1) is 8.57. The van der Waals surface area contributed by atoms with Crippen molar-refractivity contribution in [3.63, 3.8) is 0 Å². The quantitative estimate of drug-likeness (QED) is 0.782. The predicted octanol–water partition coefficient (Wildman–Crippen LogP) is 4.56. The monoisotopic (exact) mass is 268 g/mol. The van der Waals surface area contributed by atoms with E-state index < -0.39 is 0 Å². The fourth-order valence-corrected chi connectivity index (χ4v) is 3.12. The minimum Gasteiger partial charge on any atom is -0.299 e. The summed E-state index contributed by atoms with van der Waals surface area (Å²) in [7, 11) is 0. The van der Waals surface area contributed by atoms with Crippen molar-refractivity contribution in [3.8, 4) is 0 Å². The Labute approximate surface area is 112 Å². The second-order valence-electron chi connectivity index (χ2n) is 5.18. The van der Waals surface area contributed by atoms with Crippen LogP contribution in [0.1, 0.15) is 44.6 Å². The van der Waals surface area contributed by atoms with Crippen molar-refractivity contribution in [1.29, 1.82) is 0 Å². The summed E-state index contributed by atoms with van der Waals surface area (Å²) >= 11 is 5.85. The Hall–Kier alpha value is -0.890. The van der Waals surface area contributed by atoms with E-state index >= 15 is 0 Å². The fourth-order valence-electron chi connectivity index (χ4n) is 2.92. The van der Waals surface area contributed by atoms with Crippen LogP contribution in [-0.4, -0.2) is 5.78 Å². The average Bonchev–Trinajstić information content (AvgIpc) is 2.84. The lowest BCUT2D eigenvalue weighted by Gasteiger charge is -2.25. The Morgan fingerprint density at radius 3 is 2.67 bits per heavy atom. The van der Waals surface area contributed by atoms with Gasteiger partial charge in [0.05, 0.1) is 0 Å². The molecule has 0 atom stereocenters. The Balaban J connectivity index is 2.18. The van der Waals surface area contributed by atoms with Gasteiger partial charge in [0, 0.05) is 16.9 Å². The summed E-state index contributed by atoms with van der Waals surface area (Å²) in [6.45, 7) is 2.05. The molecule has 0 aliphatic heterocycles. The molecule has 1 aromatic rings. The molecule has 0 radical (unpaired) electrons. The van der Waals surface area contributed by atoms with E-state index in [4.69, 9.17) is 11.6 Å². The maximum Gasteiger partial charge on any atom is 0.143 e. The number of hydrogen-bond acceptors (Lipinski definition) is 1. The van der Waals surface area contributed by atoms with E-state index in [2.05, 4.69) is 6.92 Å². The van der Waals surface area contributed by atoms with Crippen LogP contribution in [0.5, 0.6) is 0 Å². The van der Waals surface area contributed by atoms with E-state index in [1.165, 1.54) is 12.1 Å². The lowest BCUT2D eigenvalue weighted by atomic mass is 9.77. The third kappa shape index (κ3) is 2.59. The standard InChI is InChI=1S/C15H18ClFO/c1-2-15(7-3-4-8-15)14(18)10-11-9-12(16)5-6-13(11)17/h5-6,9H,2-4,7-8,10H2,1H3. The van der Waals surface area contributed by atoms with E-state index in [1.54, 1.807) is 6.07 Å². The zero-order valence-corrected chi connectivity index (χ0v) is 11.4. The highest BCUT2D eigenvalue weighted by atomic mass is 35.5. The van der Waals surface area contributed by atoms with Gasteiger partial charge in [0.25, 0.3) is 0 Å². The van der Waals surface area contributed by atoms with E-state index in [9.17, 15) is 9.18 Å². The van der Waals surface area contributed by atoms with E-state index in [1.807, 2.05) is 0 Å². The lowest BCUT2D eigenvalue weighted by Crippen LogP contribution is -2.29. The van der Waals surface area contributed by atoms with E-state index in [-0.39, 0.29) is 23.4 Å².